The lowest BCUT2D eigenvalue weighted by Gasteiger charge is -2.32. The zero-order chi connectivity index (χ0) is 25.9. The van der Waals surface area contributed by atoms with E-state index < -0.39 is 22.9 Å². The van der Waals surface area contributed by atoms with Crippen molar-refractivity contribution in [3.63, 3.8) is 0 Å². The predicted octanol–water partition coefficient (Wildman–Crippen LogP) is 4.41. The van der Waals surface area contributed by atoms with Gasteiger partial charge in [0.05, 0.1) is 17.8 Å². The molecule has 37 heavy (non-hydrogen) atoms. The number of amidine groups is 1. The first-order chi connectivity index (χ1) is 17.9. The lowest BCUT2D eigenvalue weighted by molar-refractivity contribution is -0.129. The molecule has 2 aliphatic heterocycles. The number of nitrogens with zero attached hydrogens (tertiary/aromatic N) is 2. The number of nitrogens with one attached hydrogen (secondary N) is 1. The number of aliphatic imine (C=N–C) groups is 1. The highest BCUT2D eigenvalue weighted by atomic mass is 32.2. The first-order valence-corrected chi connectivity index (χ1v) is 12.1. The van der Waals surface area contributed by atoms with Gasteiger partial charge in [0.2, 0.25) is 18.6 Å². The molecular formula is C26H20FN3O6S. The van der Waals surface area contributed by atoms with Gasteiger partial charge in [-0.25, -0.2) is 14.2 Å². The number of hydrogen-bond acceptors (Lipinski definition) is 7. The van der Waals surface area contributed by atoms with E-state index >= 15 is 0 Å². The number of rotatable bonds is 6. The Balaban J connectivity index is 1.38. The minimum absolute atomic E-state index is 0.0727. The van der Waals surface area contributed by atoms with E-state index in [1.54, 1.807) is 12.1 Å². The van der Waals surface area contributed by atoms with Gasteiger partial charge in [-0.1, -0.05) is 17.8 Å². The van der Waals surface area contributed by atoms with Crippen LogP contribution in [0.3, 0.4) is 0 Å². The third-order valence-corrected chi connectivity index (χ3v) is 6.85. The molecule has 1 saturated heterocycles. The van der Waals surface area contributed by atoms with E-state index in [9.17, 15) is 18.8 Å². The Morgan fingerprint density at radius 2 is 1.78 bits per heavy atom. The molecule has 3 aromatic rings. The molecule has 11 heteroatoms. The third-order valence-electron chi connectivity index (χ3n) is 5.66. The number of halogens is 1. The second-order valence-electron chi connectivity index (χ2n) is 8.22. The summed E-state index contributed by atoms with van der Waals surface area (Å²) in [7, 11) is 0. The number of carboxylic acid groups (broad SMARTS) is 1. The first-order valence-electron chi connectivity index (χ1n) is 11.2. The van der Waals surface area contributed by atoms with Crippen LogP contribution in [-0.2, 0) is 16.1 Å². The van der Waals surface area contributed by atoms with Crippen LogP contribution in [0, 0.1) is 5.82 Å². The van der Waals surface area contributed by atoms with Crippen LogP contribution in [0.1, 0.15) is 22.3 Å². The Labute approximate surface area is 214 Å². The number of carbonyl (C=O) groups excluding carboxylic acids is 2. The van der Waals surface area contributed by atoms with Gasteiger partial charge in [0.25, 0.3) is 0 Å². The molecule has 5 rings (SSSR count). The molecule has 1 unspecified atom stereocenters. The second kappa shape index (κ2) is 10.3. The summed E-state index contributed by atoms with van der Waals surface area (Å²) in [6.07, 6.45) is -0.0727. The molecule has 2 heterocycles. The van der Waals surface area contributed by atoms with Gasteiger partial charge in [-0.3, -0.25) is 14.5 Å². The van der Waals surface area contributed by atoms with E-state index in [1.807, 2.05) is 6.07 Å². The largest absolute Gasteiger partial charge is 0.478 e. The molecule has 188 valence electrons. The summed E-state index contributed by atoms with van der Waals surface area (Å²) in [5.41, 5.74) is 1.71. The molecular weight excluding hydrogens is 501 g/mol. The van der Waals surface area contributed by atoms with Crippen LogP contribution < -0.4 is 14.8 Å². The Kier molecular flexibility index (Phi) is 6.78. The van der Waals surface area contributed by atoms with Crippen molar-refractivity contribution in [3.05, 3.63) is 83.7 Å². The summed E-state index contributed by atoms with van der Waals surface area (Å²) in [5.74, 6) is -1.01. The topological polar surface area (TPSA) is 118 Å². The summed E-state index contributed by atoms with van der Waals surface area (Å²) in [5, 5.41) is 11.3. The molecule has 2 aliphatic rings. The van der Waals surface area contributed by atoms with Crippen molar-refractivity contribution >= 4 is 46.1 Å². The zero-order valence-corrected chi connectivity index (χ0v) is 20.0. The number of hydrogen-bond donors (Lipinski definition) is 2. The maximum Gasteiger partial charge on any atom is 0.335 e. The molecule has 0 aromatic heterocycles. The van der Waals surface area contributed by atoms with E-state index in [0.717, 1.165) is 17.3 Å². The summed E-state index contributed by atoms with van der Waals surface area (Å²) in [6.45, 7) is 0.317. The van der Waals surface area contributed by atoms with Crippen LogP contribution >= 0.6 is 11.8 Å². The number of carbonyl (C=O) groups is 3. The van der Waals surface area contributed by atoms with Gasteiger partial charge in [-0.15, -0.1) is 0 Å². The highest BCUT2D eigenvalue weighted by Gasteiger charge is 2.36. The number of amides is 2. The normalized spacial score (nSPS) is 17.6. The van der Waals surface area contributed by atoms with Gasteiger partial charge in [-0.05, 0) is 66.2 Å². The minimum atomic E-state index is -1.07. The number of carboxylic acids is 1. The first kappa shape index (κ1) is 24.3. The van der Waals surface area contributed by atoms with Crippen molar-refractivity contribution in [2.75, 3.05) is 12.1 Å². The van der Waals surface area contributed by atoms with Gasteiger partial charge in [-0.2, -0.15) is 0 Å². The van der Waals surface area contributed by atoms with E-state index in [-0.39, 0.29) is 31.2 Å². The molecule has 0 saturated carbocycles. The van der Waals surface area contributed by atoms with Crippen molar-refractivity contribution in [2.45, 2.75) is 18.2 Å². The fourth-order valence-electron chi connectivity index (χ4n) is 3.76. The monoisotopic (exact) mass is 521 g/mol. The third kappa shape index (κ3) is 5.56. The highest BCUT2D eigenvalue weighted by molar-refractivity contribution is 8.15. The summed E-state index contributed by atoms with van der Waals surface area (Å²) in [4.78, 5) is 43.3. The summed E-state index contributed by atoms with van der Waals surface area (Å²) >= 11 is 1.12. The molecule has 2 amide bonds. The molecule has 0 radical (unpaired) electrons. The fraction of sp³-hybridized carbons (Fsp3) is 0.154. The summed E-state index contributed by atoms with van der Waals surface area (Å²) in [6, 6.07) is 16.6. The standard InChI is InChI=1S/C26H20FN3O6S/c27-17-4-8-19(9-5-17)29-26-30(13-15-1-10-20-21(11-15)36-14-35-20)23(31)12-22(37-26)24(32)28-18-6-2-16(3-7-18)25(33)34/h1-11,22H,12-14H2,(H,28,32)(H,33,34). The van der Waals surface area contributed by atoms with Crippen LogP contribution in [0.15, 0.2) is 71.7 Å². The predicted molar refractivity (Wildman–Crippen MR) is 135 cm³/mol. The van der Waals surface area contributed by atoms with Crippen molar-refractivity contribution in [2.24, 2.45) is 4.99 Å². The van der Waals surface area contributed by atoms with Gasteiger partial charge >= 0.3 is 5.97 Å². The van der Waals surface area contributed by atoms with E-state index in [4.69, 9.17) is 14.6 Å². The van der Waals surface area contributed by atoms with Crippen LogP contribution in [0.2, 0.25) is 0 Å². The zero-order valence-electron chi connectivity index (χ0n) is 19.2. The highest BCUT2D eigenvalue weighted by Crippen LogP contribution is 2.35. The van der Waals surface area contributed by atoms with Crippen molar-refractivity contribution in [3.8, 4) is 11.5 Å². The number of benzene rings is 3. The molecule has 1 fully saturated rings. The molecule has 0 spiro atoms. The van der Waals surface area contributed by atoms with Crippen molar-refractivity contribution in [1.82, 2.24) is 4.90 Å². The minimum Gasteiger partial charge on any atom is -0.478 e. The number of ether oxygens (including phenoxy) is 2. The number of thioether (sulfide) groups is 1. The number of aromatic carboxylic acids is 1. The average Bonchev–Trinajstić information content (AvgIpc) is 3.35. The lowest BCUT2D eigenvalue weighted by atomic mass is 10.1. The molecule has 0 bridgehead atoms. The van der Waals surface area contributed by atoms with Gasteiger partial charge in [0.1, 0.15) is 11.1 Å². The fourth-order valence-corrected chi connectivity index (χ4v) is 4.86. The van der Waals surface area contributed by atoms with Crippen molar-refractivity contribution < 1.29 is 33.4 Å². The molecule has 0 aliphatic carbocycles. The Hall–Kier alpha value is -4.38. The van der Waals surface area contributed by atoms with E-state index in [2.05, 4.69) is 10.3 Å². The van der Waals surface area contributed by atoms with Crippen molar-refractivity contribution in [1.29, 1.82) is 0 Å². The molecule has 3 aromatic carbocycles. The molecule has 2 N–H and O–H groups in total. The van der Waals surface area contributed by atoms with Gasteiger partial charge in [0, 0.05) is 12.1 Å². The maximum atomic E-state index is 13.4. The SMILES string of the molecule is O=C(O)c1ccc(NC(=O)C2CC(=O)N(Cc3ccc4c(c3)OCO4)C(=Nc3ccc(F)cc3)S2)cc1. The van der Waals surface area contributed by atoms with E-state index in [1.165, 1.54) is 53.4 Å². The lowest BCUT2D eigenvalue weighted by Crippen LogP contribution is -2.44. The van der Waals surface area contributed by atoms with Crippen LogP contribution in [0.5, 0.6) is 11.5 Å². The number of anilines is 1. The average molecular weight is 522 g/mol. The Morgan fingerprint density at radius 1 is 1.05 bits per heavy atom. The molecule has 9 nitrogen and oxygen atoms in total. The maximum absolute atomic E-state index is 13.4. The molecule has 1 atom stereocenters. The smallest absolute Gasteiger partial charge is 0.335 e. The van der Waals surface area contributed by atoms with Gasteiger partial charge in [0.15, 0.2) is 16.7 Å². The Morgan fingerprint density at radius 3 is 2.51 bits per heavy atom. The van der Waals surface area contributed by atoms with Crippen LogP contribution in [0.25, 0.3) is 0 Å². The Bertz CT molecular complexity index is 1390. The number of fused-ring (bicyclic) bond motifs is 1. The van der Waals surface area contributed by atoms with Gasteiger partial charge < -0.3 is 19.9 Å². The van der Waals surface area contributed by atoms with E-state index in [0.29, 0.717) is 28.0 Å². The second-order valence-corrected chi connectivity index (χ2v) is 9.39. The van der Waals surface area contributed by atoms with Crippen LogP contribution in [0.4, 0.5) is 15.8 Å². The quantitative estimate of drug-likeness (QED) is 0.493. The summed E-state index contributed by atoms with van der Waals surface area (Å²) < 4.78 is 24.2. The van der Waals surface area contributed by atoms with Crippen LogP contribution in [-0.4, -0.2) is 45.0 Å².